The molecule has 0 bridgehead atoms. The lowest BCUT2D eigenvalue weighted by Gasteiger charge is -2.13. The summed E-state index contributed by atoms with van der Waals surface area (Å²) >= 11 is 0. The predicted octanol–water partition coefficient (Wildman–Crippen LogP) is 4.02. The van der Waals surface area contributed by atoms with E-state index < -0.39 is 0 Å². The zero-order valence-electron chi connectivity index (χ0n) is 15.8. The number of carbonyl (C=O) groups excluding carboxylic acids is 2. The predicted molar refractivity (Wildman–Crippen MR) is 105 cm³/mol. The van der Waals surface area contributed by atoms with Gasteiger partial charge in [0.1, 0.15) is 0 Å². The second kappa shape index (κ2) is 9.76. The maximum absolute atomic E-state index is 12.2. The SMILES string of the molecule is CC[C@@H](C)NC(=O)c1cccc(CNC(=O)C[C@@H](C)c2ccccc2)c1. The number of hydrogen-bond donors (Lipinski definition) is 2. The summed E-state index contributed by atoms with van der Waals surface area (Å²) in [6.45, 7) is 6.49. The molecule has 0 aliphatic heterocycles. The highest BCUT2D eigenvalue weighted by molar-refractivity contribution is 5.94. The molecular weight excluding hydrogens is 324 g/mol. The third-order valence-corrected chi connectivity index (χ3v) is 4.53. The smallest absolute Gasteiger partial charge is 0.251 e. The van der Waals surface area contributed by atoms with Gasteiger partial charge in [-0.2, -0.15) is 0 Å². The first-order valence-electron chi connectivity index (χ1n) is 9.21. The van der Waals surface area contributed by atoms with Gasteiger partial charge < -0.3 is 10.6 Å². The molecule has 26 heavy (non-hydrogen) atoms. The Bertz CT molecular complexity index is 728. The normalized spacial score (nSPS) is 12.9. The van der Waals surface area contributed by atoms with E-state index in [1.165, 1.54) is 0 Å². The summed E-state index contributed by atoms with van der Waals surface area (Å²) in [4.78, 5) is 24.4. The number of rotatable bonds is 8. The minimum absolute atomic E-state index is 0.0100. The van der Waals surface area contributed by atoms with Gasteiger partial charge >= 0.3 is 0 Å². The molecule has 4 heteroatoms. The molecule has 138 valence electrons. The van der Waals surface area contributed by atoms with E-state index in [1.807, 2.05) is 62.4 Å². The van der Waals surface area contributed by atoms with Crippen molar-refractivity contribution in [1.82, 2.24) is 10.6 Å². The van der Waals surface area contributed by atoms with Crippen LogP contribution in [-0.4, -0.2) is 17.9 Å². The molecule has 2 aromatic carbocycles. The lowest BCUT2D eigenvalue weighted by molar-refractivity contribution is -0.121. The Morgan fingerprint density at radius 2 is 1.73 bits per heavy atom. The van der Waals surface area contributed by atoms with Crippen molar-refractivity contribution in [3.8, 4) is 0 Å². The van der Waals surface area contributed by atoms with Crippen LogP contribution < -0.4 is 10.6 Å². The Morgan fingerprint density at radius 3 is 2.42 bits per heavy atom. The summed E-state index contributed by atoms with van der Waals surface area (Å²) in [6, 6.07) is 17.6. The Hall–Kier alpha value is -2.62. The molecule has 0 unspecified atom stereocenters. The van der Waals surface area contributed by atoms with Crippen molar-refractivity contribution in [2.45, 2.75) is 52.1 Å². The zero-order chi connectivity index (χ0) is 18.9. The monoisotopic (exact) mass is 352 g/mol. The summed E-state index contributed by atoms with van der Waals surface area (Å²) in [6.07, 6.45) is 1.33. The van der Waals surface area contributed by atoms with Crippen LogP contribution in [0.4, 0.5) is 0 Å². The van der Waals surface area contributed by atoms with Crippen LogP contribution in [0.2, 0.25) is 0 Å². The first-order chi connectivity index (χ1) is 12.5. The van der Waals surface area contributed by atoms with Gasteiger partial charge in [-0.15, -0.1) is 0 Å². The van der Waals surface area contributed by atoms with E-state index in [9.17, 15) is 9.59 Å². The quantitative estimate of drug-likeness (QED) is 0.754. The van der Waals surface area contributed by atoms with Crippen molar-refractivity contribution in [3.63, 3.8) is 0 Å². The van der Waals surface area contributed by atoms with E-state index in [0.29, 0.717) is 18.5 Å². The number of amides is 2. The minimum atomic E-state index is -0.0785. The van der Waals surface area contributed by atoms with Gasteiger partial charge in [0.05, 0.1) is 0 Å². The first-order valence-corrected chi connectivity index (χ1v) is 9.21. The van der Waals surface area contributed by atoms with Crippen LogP contribution in [0.25, 0.3) is 0 Å². The molecule has 0 aromatic heterocycles. The maximum Gasteiger partial charge on any atom is 0.251 e. The van der Waals surface area contributed by atoms with Crippen LogP contribution in [0, 0.1) is 0 Å². The second-order valence-electron chi connectivity index (χ2n) is 6.78. The van der Waals surface area contributed by atoms with Crippen molar-refractivity contribution in [2.24, 2.45) is 0 Å². The largest absolute Gasteiger partial charge is 0.352 e. The van der Waals surface area contributed by atoms with Crippen LogP contribution in [-0.2, 0) is 11.3 Å². The molecule has 0 saturated heterocycles. The Morgan fingerprint density at radius 1 is 1.00 bits per heavy atom. The molecule has 2 amide bonds. The van der Waals surface area contributed by atoms with Gasteiger partial charge in [0.2, 0.25) is 5.91 Å². The fourth-order valence-electron chi connectivity index (χ4n) is 2.68. The number of hydrogen-bond acceptors (Lipinski definition) is 2. The van der Waals surface area contributed by atoms with Crippen LogP contribution in [0.3, 0.4) is 0 Å². The van der Waals surface area contributed by atoms with E-state index in [4.69, 9.17) is 0 Å². The van der Waals surface area contributed by atoms with Crippen LogP contribution in [0.5, 0.6) is 0 Å². The average molecular weight is 352 g/mol. The summed E-state index contributed by atoms with van der Waals surface area (Å²) in [5.74, 6) is 0.102. The first kappa shape index (κ1) is 19.7. The van der Waals surface area contributed by atoms with Crippen molar-refractivity contribution >= 4 is 11.8 Å². The Kier molecular flexibility index (Phi) is 7.39. The third kappa shape index (κ3) is 6.03. The van der Waals surface area contributed by atoms with Crippen LogP contribution in [0.15, 0.2) is 54.6 Å². The highest BCUT2D eigenvalue weighted by atomic mass is 16.2. The standard InChI is InChI=1S/C22H28N2O2/c1-4-17(3)24-22(26)20-12-8-9-18(14-20)15-23-21(25)13-16(2)19-10-6-5-7-11-19/h5-12,14,16-17H,4,13,15H2,1-3H3,(H,23,25)(H,24,26)/t16-,17-/m1/s1. The van der Waals surface area contributed by atoms with E-state index >= 15 is 0 Å². The van der Waals surface area contributed by atoms with Gasteiger partial charge in [0, 0.05) is 24.6 Å². The topological polar surface area (TPSA) is 58.2 Å². The minimum Gasteiger partial charge on any atom is -0.352 e. The average Bonchev–Trinajstić information content (AvgIpc) is 2.67. The van der Waals surface area contributed by atoms with Crippen molar-refractivity contribution in [2.75, 3.05) is 0 Å². The fourth-order valence-corrected chi connectivity index (χ4v) is 2.68. The third-order valence-electron chi connectivity index (χ3n) is 4.53. The van der Waals surface area contributed by atoms with E-state index in [0.717, 1.165) is 17.5 Å². The van der Waals surface area contributed by atoms with Crippen molar-refractivity contribution in [1.29, 1.82) is 0 Å². The van der Waals surface area contributed by atoms with Gasteiger partial charge in [-0.05, 0) is 42.5 Å². The summed E-state index contributed by atoms with van der Waals surface area (Å²) in [5.41, 5.74) is 2.70. The highest BCUT2D eigenvalue weighted by Gasteiger charge is 2.12. The molecule has 0 radical (unpaired) electrons. The van der Waals surface area contributed by atoms with Crippen molar-refractivity contribution < 1.29 is 9.59 Å². The summed E-state index contributed by atoms with van der Waals surface area (Å²) in [7, 11) is 0. The lowest BCUT2D eigenvalue weighted by Crippen LogP contribution is -2.32. The molecule has 0 fully saturated rings. The van der Waals surface area contributed by atoms with Crippen molar-refractivity contribution in [3.05, 3.63) is 71.3 Å². The second-order valence-corrected chi connectivity index (χ2v) is 6.78. The number of benzene rings is 2. The molecule has 0 spiro atoms. The van der Waals surface area contributed by atoms with Gasteiger partial charge in [-0.1, -0.05) is 56.3 Å². The van der Waals surface area contributed by atoms with Crippen LogP contribution >= 0.6 is 0 Å². The molecule has 2 N–H and O–H groups in total. The molecule has 4 nitrogen and oxygen atoms in total. The molecule has 2 rings (SSSR count). The molecule has 0 aliphatic rings. The Labute approximate surface area is 156 Å². The maximum atomic E-state index is 12.2. The number of carbonyl (C=O) groups is 2. The molecule has 2 atom stereocenters. The zero-order valence-corrected chi connectivity index (χ0v) is 15.8. The molecule has 0 heterocycles. The molecule has 0 saturated carbocycles. The fraction of sp³-hybridized carbons (Fsp3) is 0.364. The molecule has 0 aliphatic carbocycles. The number of nitrogens with one attached hydrogen (secondary N) is 2. The van der Waals surface area contributed by atoms with Gasteiger partial charge in [0.25, 0.3) is 5.91 Å². The highest BCUT2D eigenvalue weighted by Crippen LogP contribution is 2.18. The summed E-state index contributed by atoms with van der Waals surface area (Å²) in [5, 5.41) is 5.90. The van der Waals surface area contributed by atoms with Gasteiger partial charge in [-0.25, -0.2) is 0 Å². The van der Waals surface area contributed by atoms with E-state index in [1.54, 1.807) is 6.07 Å². The summed E-state index contributed by atoms with van der Waals surface area (Å²) < 4.78 is 0. The van der Waals surface area contributed by atoms with Gasteiger partial charge in [-0.3, -0.25) is 9.59 Å². The molecular formula is C22H28N2O2. The van der Waals surface area contributed by atoms with E-state index in [2.05, 4.69) is 17.6 Å². The Balaban J connectivity index is 1.88. The van der Waals surface area contributed by atoms with Gasteiger partial charge in [0.15, 0.2) is 0 Å². The van der Waals surface area contributed by atoms with E-state index in [-0.39, 0.29) is 23.8 Å². The molecule has 2 aromatic rings. The van der Waals surface area contributed by atoms with Crippen LogP contribution in [0.1, 0.15) is 61.0 Å². The lowest BCUT2D eigenvalue weighted by atomic mass is 9.97.